The second kappa shape index (κ2) is 8.86. The van der Waals surface area contributed by atoms with Crippen molar-refractivity contribution in [1.82, 2.24) is 9.91 Å². The van der Waals surface area contributed by atoms with Crippen molar-refractivity contribution >= 4 is 23.2 Å². The normalized spacial score (nSPS) is 16.0. The molecule has 3 rings (SSSR count). The van der Waals surface area contributed by atoms with Crippen molar-refractivity contribution < 1.29 is 4.79 Å². The number of Topliss-reactive ketones (excluding diaryl/α,β-unsaturated/α-hetero) is 1. The number of benzene rings is 1. The molecule has 0 unspecified atom stereocenters. The average Bonchev–Trinajstić information content (AvgIpc) is 3.13. The Kier molecular flexibility index (Phi) is 6.26. The zero-order chi connectivity index (χ0) is 21.8. The Bertz CT molecular complexity index is 1070. The first-order valence-corrected chi connectivity index (χ1v) is 9.78. The van der Waals surface area contributed by atoms with Crippen LogP contribution in [0.2, 0.25) is 0 Å². The summed E-state index contributed by atoms with van der Waals surface area (Å²) in [5, 5.41) is 6.42. The molecule has 1 aliphatic carbocycles. The maximum Gasteiger partial charge on any atom is 0.226 e. The lowest BCUT2D eigenvalue weighted by atomic mass is 9.85. The van der Waals surface area contributed by atoms with Gasteiger partial charge in [0, 0.05) is 32.3 Å². The number of ketones is 1. The van der Waals surface area contributed by atoms with E-state index < -0.39 is 0 Å². The van der Waals surface area contributed by atoms with Crippen molar-refractivity contribution in [2.24, 2.45) is 15.1 Å². The summed E-state index contributed by atoms with van der Waals surface area (Å²) in [6.45, 7) is 8.23. The Morgan fingerprint density at radius 2 is 1.80 bits per heavy atom. The summed E-state index contributed by atoms with van der Waals surface area (Å²) in [4.78, 5) is 24.4. The summed E-state index contributed by atoms with van der Waals surface area (Å²) in [6, 6.07) is 7.52. The first kappa shape index (κ1) is 21.2. The predicted octanol–water partition coefficient (Wildman–Crippen LogP) is 3.85. The molecule has 1 aromatic carbocycles. The number of hydrazone groups is 1. The van der Waals surface area contributed by atoms with Crippen molar-refractivity contribution in [3.63, 3.8) is 0 Å². The number of fused-ring (bicyclic) bond motifs is 3. The molecule has 1 heterocycles. The molecule has 1 aromatic rings. The molecule has 1 aliphatic heterocycles. The molecule has 0 amide bonds. The fourth-order valence-electron chi connectivity index (χ4n) is 3.22. The van der Waals surface area contributed by atoms with Crippen LogP contribution in [0.1, 0.15) is 29.8 Å². The van der Waals surface area contributed by atoms with Crippen molar-refractivity contribution in [1.29, 1.82) is 0 Å². The highest BCUT2D eigenvalue weighted by molar-refractivity contribution is 6.40. The molecule has 0 N–H and O–H groups in total. The number of nitrogens with zero attached hydrogens (tertiary/aromatic N) is 5. The lowest BCUT2D eigenvalue weighted by molar-refractivity contribution is 0.103. The molecule has 0 saturated heterocycles. The van der Waals surface area contributed by atoms with E-state index in [0.29, 0.717) is 35.0 Å². The number of carbonyl (C=O) groups is 1. The van der Waals surface area contributed by atoms with Gasteiger partial charge in [-0.2, -0.15) is 5.10 Å². The Hall–Kier alpha value is -3.54. The minimum absolute atomic E-state index is 0.0714. The lowest BCUT2D eigenvalue weighted by Crippen LogP contribution is -2.26. The molecular formula is C24H27N5O. The van der Waals surface area contributed by atoms with Crippen molar-refractivity contribution in [2.75, 3.05) is 27.7 Å². The number of likely N-dealkylation sites (N-methyl/N-ethyl adjacent to an activating group) is 1. The quantitative estimate of drug-likeness (QED) is 0.413. The van der Waals surface area contributed by atoms with Gasteiger partial charge in [0.25, 0.3) is 0 Å². The molecule has 0 saturated carbocycles. The molecule has 6 nitrogen and oxygen atoms in total. The van der Waals surface area contributed by atoms with Crippen LogP contribution in [-0.4, -0.2) is 60.8 Å². The minimum Gasteiger partial charge on any atom is -0.347 e. The second-order valence-electron chi connectivity index (χ2n) is 7.52. The van der Waals surface area contributed by atoms with E-state index in [1.165, 1.54) is 0 Å². The highest BCUT2D eigenvalue weighted by Gasteiger charge is 2.35. The summed E-state index contributed by atoms with van der Waals surface area (Å²) < 4.78 is 0. The Morgan fingerprint density at radius 1 is 1.10 bits per heavy atom. The molecule has 0 radical (unpaired) electrons. The van der Waals surface area contributed by atoms with Gasteiger partial charge in [0.1, 0.15) is 11.4 Å². The van der Waals surface area contributed by atoms with Gasteiger partial charge in [0.15, 0.2) is 5.78 Å². The topological polar surface area (TPSA) is 60.6 Å². The maximum atomic E-state index is 13.3. The maximum absolute atomic E-state index is 13.3. The molecule has 2 aliphatic rings. The summed E-state index contributed by atoms with van der Waals surface area (Å²) in [6.07, 6.45) is 7.83. The van der Waals surface area contributed by atoms with Crippen molar-refractivity contribution in [3.8, 4) is 0 Å². The molecule has 0 atom stereocenters. The van der Waals surface area contributed by atoms with Gasteiger partial charge in [-0.25, -0.2) is 9.98 Å². The zero-order valence-electron chi connectivity index (χ0n) is 18.2. The Morgan fingerprint density at radius 3 is 2.47 bits per heavy atom. The predicted molar refractivity (Wildman–Crippen MR) is 124 cm³/mol. The van der Waals surface area contributed by atoms with Crippen LogP contribution in [0.15, 0.2) is 87.1 Å². The number of hydrogen-bond acceptors (Lipinski definition) is 6. The van der Waals surface area contributed by atoms with Gasteiger partial charge in [0.05, 0.1) is 17.8 Å². The van der Waals surface area contributed by atoms with Gasteiger partial charge < -0.3 is 4.90 Å². The van der Waals surface area contributed by atoms with Crippen LogP contribution in [0, 0.1) is 0 Å². The molecule has 0 fully saturated rings. The van der Waals surface area contributed by atoms with E-state index >= 15 is 0 Å². The van der Waals surface area contributed by atoms with Gasteiger partial charge >= 0.3 is 0 Å². The van der Waals surface area contributed by atoms with Crippen LogP contribution in [0.4, 0.5) is 0 Å². The highest BCUT2D eigenvalue weighted by Crippen LogP contribution is 2.31. The van der Waals surface area contributed by atoms with Gasteiger partial charge in [-0.1, -0.05) is 60.7 Å². The van der Waals surface area contributed by atoms with E-state index in [2.05, 4.69) is 21.7 Å². The van der Waals surface area contributed by atoms with Crippen LogP contribution < -0.4 is 0 Å². The first-order valence-electron chi connectivity index (χ1n) is 9.78. The molecule has 0 bridgehead atoms. The van der Waals surface area contributed by atoms with Crippen molar-refractivity contribution in [2.45, 2.75) is 13.8 Å². The number of rotatable bonds is 6. The second-order valence-corrected chi connectivity index (χ2v) is 7.52. The molecule has 6 heteroatoms. The van der Waals surface area contributed by atoms with Crippen LogP contribution in [0.3, 0.4) is 0 Å². The fraction of sp³-hybridized carbons (Fsp3) is 0.250. The minimum atomic E-state index is -0.0714. The first-order chi connectivity index (χ1) is 14.3. The third kappa shape index (κ3) is 4.38. The third-order valence-electron chi connectivity index (χ3n) is 4.62. The summed E-state index contributed by atoms with van der Waals surface area (Å²) >= 11 is 0. The van der Waals surface area contributed by atoms with E-state index in [1.807, 2.05) is 88.5 Å². The van der Waals surface area contributed by atoms with Crippen molar-refractivity contribution in [3.05, 3.63) is 83.1 Å². The molecule has 0 aromatic heterocycles. The monoisotopic (exact) mass is 401 g/mol. The SMILES string of the molecule is C=C(C)/C=C\C=C/CN(C)/N=C(\C)C1=C2N=C(N(C)C)N=C2c2ccccc2C1=O. The van der Waals surface area contributed by atoms with Gasteiger partial charge in [-0.15, -0.1) is 0 Å². The lowest BCUT2D eigenvalue weighted by Gasteiger charge is -2.20. The molecular weight excluding hydrogens is 374 g/mol. The van der Waals surface area contributed by atoms with E-state index in [-0.39, 0.29) is 5.78 Å². The number of aliphatic imine (C=N–C) groups is 2. The van der Waals surface area contributed by atoms with E-state index in [0.717, 1.165) is 16.8 Å². The van der Waals surface area contributed by atoms with Crippen LogP contribution in [0.25, 0.3) is 0 Å². The number of allylic oxidation sites excluding steroid dienone is 6. The molecule has 0 spiro atoms. The Balaban J connectivity index is 1.94. The van der Waals surface area contributed by atoms with Gasteiger partial charge in [0.2, 0.25) is 5.96 Å². The average molecular weight is 402 g/mol. The van der Waals surface area contributed by atoms with Gasteiger partial charge in [-0.3, -0.25) is 9.80 Å². The zero-order valence-corrected chi connectivity index (χ0v) is 18.2. The van der Waals surface area contributed by atoms with Gasteiger partial charge in [-0.05, 0) is 13.8 Å². The number of carbonyl (C=O) groups excluding carboxylic acids is 1. The van der Waals surface area contributed by atoms with Crippen LogP contribution >= 0.6 is 0 Å². The standard InChI is InChI=1S/C24H27N5O/c1-16(2)12-8-7-11-15-29(6)27-17(3)20-22-21(25-24(26-22)28(4)5)18-13-9-10-14-19(18)23(20)30/h7-14H,1,15H2,2-6H3/b11-7-,12-8-,27-17+. The number of hydrogen-bond donors (Lipinski definition) is 0. The Labute approximate surface area is 178 Å². The summed E-state index contributed by atoms with van der Waals surface area (Å²) in [5.74, 6) is 0.508. The molecule has 154 valence electrons. The van der Waals surface area contributed by atoms with E-state index in [1.54, 1.807) is 5.01 Å². The van der Waals surface area contributed by atoms with E-state index in [9.17, 15) is 4.79 Å². The number of guanidine groups is 1. The smallest absolute Gasteiger partial charge is 0.226 e. The molecule has 30 heavy (non-hydrogen) atoms. The highest BCUT2D eigenvalue weighted by atomic mass is 16.1. The summed E-state index contributed by atoms with van der Waals surface area (Å²) in [7, 11) is 5.65. The fourth-order valence-corrected chi connectivity index (χ4v) is 3.22. The summed E-state index contributed by atoms with van der Waals surface area (Å²) in [5.41, 5.74) is 4.89. The van der Waals surface area contributed by atoms with E-state index in [4.69, 9.17) is 0 Å². The third-order valence-corrected chi connectivity index (χ3v) is 4.62. The largest absolute Gasteiger partial charge is 0.347 e. The van der Waals surface area contributed by atoms with Crippen LogP contribution in [-0.2, 0) is 0 Å². The van der Waals surface area contributed by atoms with Crippen LogP contribution in [0.5, 0.6) is 0 Å².